The zero-order chi connectivity index (χ0) is 24.5. The summed E-state index contributed by atoms with van der Waals surface area (Å²) >= 11 is 5.67. The molecular weight excluding hydrogens is 467 g/mol. The third kappa shape index (κ3) is 4.25. The van der Waals surface area contributed by atoms with Gasteiger partial charge in [0, 0.05) is 11.6 Å². The highest BCUT2D eigenvalue weighted by Crippen LogP contribution is 2.38. The molecule has 34 heavy (non-hydrogen) atoms. The van der Waals surface area contributed by atoms with E-state index in [1.165, 1.54) is 29.0 Å². The van der Waals surface area contributed by atoms with E-state index in [0.29, 0.717) is 5.69 Å². The fourth-order valence-electron chi connectivity index (χ4n) is 3.27. The lowest BCUT2D eigenvalue weighted by Gasteiger charge is -2.09. The van der Waals surface area contributed by atoms with Crippen LogP contribution in [0.15, 0.2) is 65.1 Å². The first-order valence-corrected chi connectivity index (χ1v) is 10.0. The van der Waals surface area contributed by atoms with E-state index in [-0.39, 0.29) is 39.7 Å². The van der Waals surface area contributed by atoms with E-state index in [0.717, 1.165) is 12.1 Å². The van der Waals surface area contributed by atoms with E-state index < -0.39 is 16.8 Å². The Labute approximate surface area is 196 Å². The Balaban J connectivity index is 1.74. The number of para-hydroxylation sites is 1. The van der Waals surface area contributed by atoms with Crippen LogP contribution < -0.4 is 5.73 Å². The summed E-state index contributed by atoms with van der Waals surface area (Å²) in [4.78, 5) is 0. The smallest absolute Gasteiger partial charge is 0.417 e. The van der Waals surface area contributed by atoms with Crippen LogP contribution in [0.3, 0.4) is 0 Å². The topological polar surface area (TPSA) is 105 Å². The zero-order valence-corrected chi connectivity index (χ0v) is 17.9. The Hall–Kier alpha value is -4.47. The molecule has 2 aromatic carbocycles. The number of nitrogens with zero attached hydrogens (tertiary/aromatic N) is 4. The van der Waals surface area contributed by atoms with Crippen LogP contribution >= 0.6 is 11.6 Å². The van der Waals surface area contributed by atoms with Crippen LogP contribution in [-0.2, 0) is 6.18 Å². The quantitative estimate of drug-likeness (QED) is 0.345. The summed E-state index contributed by atoms with van der Waals surface area (Å²) < 4.78 is 46.5. The minimum Gasteiger partial charge on any atom is -0.457 e. The molecule has 0 bridgehead atoms. The minimum atomic E-state index is -4.62. The number of rotatable bonds is 4. The maximum atomic E-state index is 13.2. The van der Waals surface area contributed by atoms with Gasteiger partial charge in [-0.3, -0.25) is 0 Å². The molecule has 0 aliphatic rings. The van der Waals surface area contributed by atoms with Gasteiger partial charge in [-0.15, -0.1) is 0 Å². The molecule has 0 saturated carbocycles. The van der Waals surface area contributed by atoms with Crippen molar-refractivity contribution in [1.82, 2.24) is 9.78 Å². The first-order chi connectivity index (χ1) is 16.2. The van der Waals surface area contributed by atoms with Crippen LogP contribution in [0.2, 0.25) is 5.02 Å². The predicted octanol–water partition coefficient (Wildman–Crippen LogP) is 6.32. The van der Waals surface area contributed by atoms with E-state index in [9.17, 15) is 23.7 Å². The van der Waals surface area contributed by atoms with E-state index in [1.807, 2.05) is 18.2 Å². The van der Waals surface area contributed by atoms with Crippen LogP contribution in [0.5, 0.6) is 0 Å². The van der Waals surface area contributed by atoms with E-state index in [1.54, 1.807) is 24.3 Å². The van der Waals surface area contributed by atoms with Crippen molar-refractivity contribution in [2.24, 2.45) is 0 Å². The van der Waals surface area contributed by atoms with Gasteiger partial charge in [-0.05, 0) is 42.5 Å². The maximum absolute atomic E-state index is 13.2. The third-order valence-corrected chi connectivity index (χ3v) is 5.21. The van der Waals surface area contributed by atoms with Crippen molar-refractivity contribution in [3.8, 4) is 29.1 Å². The first-order valence-electron chi connectivity index (χ1n) is 9.66. The lowest BCUT2D eigenvalue weighted by atomic mass is 10.1. The molecule has 168 valence electrons. The molecule has 0 saturated heterocycles. The van der Waals surface area contributed by atoms with E-state index >= 15 is 0 Å². The average Bonchev–Trinajstić information content (AvgIpc) is 3.41. The zero-order valence-electron chi connectivity index (χ0n) is 17.1. The van der Waals surface area contributed by atoms with Crippen molar-refractivity contribution in [3.05, 3.63) is 88.3 Å². The number of anilines is 1. The van der Waals surface area contributed by atoms with Crippen molar-refractivity contribution < 1.29 is 17.6 Å². The fraction of sp³-hybridized carbons (Fsp3) is 0.0417. The number of benzene rings is 2. The molecular formula is C24H13ClF3N5O. The Morgan fingerprint density at radius 2 is 1.82 bits per heavy atom. The molecule has 4 rings (SSSR count). The lowest BCUT2D eigenvalue weighted by molar-refractivity contribution is -0.137. The van der Waals surface area contributed by atoms with Gasteiger partial charge in [0.25, 0.3) is 0 Å². The van der Waals surface area contributed by atoms with Crippen LogP contribution in [0, 0.1) is 22.7 Å². The standard InChI is InChI=1S/C24H13ClF3N5O/c25-20-8-6-14(11-19(20)24(26,27)28)21-9-7-17(34-21)10-15(12-29)22-18(13-30)23(31)33(32-22)16-4-2-1-3-5-16/h1-11H,31H2/b15-10+. The summed E-state index contributed by atoms with van der Waals surface area (Å²) in [5, 5.41) is 23.2. The molecule has 0 unspecified atom stereocenters. The molecule has 2 aromatic heterocycles. The van der Waals surface area contributed by atoms with Crippen molar-refractivity contribution in [3.63, 3.8) is 0 Å². The molecule has 0 aliphatic heterocycles. The van der Waals surface area contributed by atoms with E-state index in [2.05, 4.69) is 5.10 Å². The number of nitrogen functional groups attached to an aromatic ring is 1. The third-order valence-electron chi connectivity index (χ3n) is 4.88. The Morgan fingerprint density at radius 3 is 2.47 bits per heavy atom. The maximum Gasteiger partial charge on any atom is 0.417 e. The summed E-state index contributed by atoms with van der Waals surface area (Å²) in [5.74, 6) is 0.373. The number of aromatic nitrogens is 2. The highest BCUT2D eigenvalue weighted by atomic mass is 35.5. The normalized spacial score (nSPS) is 11.8. The van der Waals surface area contributed by atoms with Gasteiger partial charge in [-0.25, -0.2) is 4.68 Å². The van der Waals surface area contributed by atoms with Crippen LogP contribution in [-0.4, -0.2) is 9.78 Å². The molecule has 4 aromatic rings. The fourth-order valence-corrected chi connectivity index (χ4v) is 3.50. The van der Waals surface area contributed by atoms with Crippen LogP contribution in [0.4, 0.5) is 19.0 Å². The predicted molar refractivity (Wildman–Crippen MR) is 120 cm³/mol. The monoisotopic (exact) mass is 479 g/mol. The minimum absolute atomic E-state index is 0.00841. The van der Waals surface area contributed by atoms with Gasteiger partial charge in [0.15, 0.2) is 0 Å². The Bertz CT molecular complexity index is 1490. The molecule has 0 aliphatic carbocycles. The first kappa shape index (κ1) is 22.7. The summed E-state index contributed by atoms with van der Waals surface area (Å²) in [6.45, 7) is 0. The molecule has 2 N–H and O–H groups in total. The largest absolute Gasteiger partial charge is 0.457 e. The van der Waals surface area contributed by atoms with Crippen molar-refractivity contribution in [2.45, 2.75) is 6.18 Å². The number of nitrogens with two attached hydrogens (primary N) is 1. The molecule has 0 spiro atoms. The Kier molecular flexibility index (Phi) is 5.89. The van der Waals surface area contributed by atoms with Crippen molar-refractivity contribution in [2.75, 3.05) is 5.73 Å². The number of halogens is 4. The van der Waals surface area contributed by atoms with Gasteiger partial charge < -0.3 is 10.2 Å². The second kappa shape index (κ2) is 8.81. The molecule has 0 amide bonds. The van der Waals surface area contributed by atoms with Crippen molar-refractivity contribution in [1.29, 1.82) is 10.5 Å². The van der Waals surface area contributed by atoms with Gasteiger partial charge >= 0.3 is 6.18 Å². The number of hydrogen-bond acceptors (Lipinski definition) is 5. The Morgan fingerprint density at radius 1 is 1.09 bits per heavy atom. The number of nitriles is 2. The molecule has 0 fully saturated rings. The number of allylic oxidation sites excluding steroid dienone is 1. The second-order valence-electron chi connectivity index (χ2n) is 7.03. The number of hydrogen-bond donors (Lipinski definition) is 1. The number of furan rings is 1. The molecule has 2 heterocycles. The van der Waals surface area contributed by atoms with Gasteiger partial charge in [-0.2, -0.15) is 28.8 Å². The highest BCUT2D eigenvalue weighted by molar-refractivity contribution is 6.31. The van der Waals surface area contributed by atoms with Crippen LogP contribution in [0.25, 0.3) is 28.7 Å². The average molecular weight is 480 g/mol. The molecule has 0 radical (unpaired) electrons. The molecule has 6 nitrogen and oxygen atoms in total. The highest BCUT2D eigenvalue weighted by Gasteiger charge is 2.33. The summed E-state index contributed by atoms with van der Waals surface area (Å²) in [6, 6.07) is 19.1. The summed E-state index contributed by atoms with van der Waals surface area (Å²) in [5.41, 5.74) is 5.91. The van der Waals surface area contributed by atoms with Crippen LogP contribution in [0.1, 0.15) is 22.6 Å². The number of alkyl halides is 3. The van der Waals surface area contributed by atoms with E-state index in [4.69, 9.17) is 21.8 Å². The van der Waals surface area contributed by atoms with Gasteiger partial charge in [0.2, 0.25) is 0 Å². The lowest BCUT2D eigenvalue weighted by Crippen LogP contribution is -2.05. The molecule has 10 heteroatoms. The van der Waals surface area contributed by atoms with Gasteiger partial charge in [-0.1, -0.05) is 29.8 Å². The van der Waals surface area contributed by atoms with Gasteiger partial charge in [0.05, 0.1) is 21.8 Å². The summed E-state index contributed by atoms with van der Waals surface area (Å²) in [7, 11) is 0. The van der Waals surface area contributed by atoms with Crippen molar-refractivity contribution >= 4 is 29.1 Å². The van der Waals surface area contributed by atoms with Gasteiger partial charge in [0.1, 0.15) is 40.7 Å². The molecule has 0 atom stereocenters. The summed E-state index contributed by atoms with van der Waals surface area (Å²) in [6.07, 6.45) is -3.29. The SMILES string of the molecule is N#C/C(=C\c1ccc(-c2ccc(Cl)c(C(F)(F)F)c2)o1)c1nn(-c2ccccc2)c(N)c1C#N. The second-order valence-corrected chi connectivity index (χ2v) is 7.44.